The summed E-state index contributed by atoms with van der Waals surface area (Å²) >= 11 is 12.3. The van der Waals surface area contributed by atoms with Crippen LogP contribution < -0.4 is 11.0 Å². The Morgan fingerprint density at radius 1 is 1.18 bits per heavy atom. The fourth-order valence-corrected chi connectivity index (χ4v) is 5.04. The Balaban J connectivity index is 1.88. The number of benzene rings is 1. The molecule has 1 amide bonds. The van der Waals surface area contributed by atoms with Crippen molar-refractivity contribution in [2.75, 3.05) is 13.2 Å². The SMILES string of the molecule is CCOC(=O)c1cc2c(=O)n3cccc(C)c3nc2n(CC2CCCO2)c1=NC(=O)c1ccc(Cl)cc1Cl. The molecule has 1 aliphatic rings. The lowest BCUT2D eigenvalue weighted by Crippen LogP contribution is -2.35. The van der Waals surface area contributed by atoms with Crippen LogP contribution in [0.2, 0.25) is 10.0 Å². The number of pyridine rings is 2. The molecule has 1 fully saturated rings. The lowest BCUT2D eigenvalue weighted by Gasteiger charge is -2.18. The third kappa shape index (κ3) is 4.84. The first-order chi connectivity index (χ1) is 18.3. The van der Waals surface area contributed by atoms with Crippen molar-refractivity contribution in [1.29, 1.82) is 0 Å². The summed E-state index contributed by atoms with van der Waals surface area (Å²) in [5.41, 5.74) is 1.23. The number of carbonyl (C=O) groups is 2. The first-order valence-electron chi connectivity index (χ1n) is 12.2. The van der Waals surface area contributed by atoms with Crippen molar-refractivity contribution in [2.24, 2.45) is 4.99 Å². The molecule has 0 bridgehead atoms. The van der Waals surface area contributed by atoms with Crippen LogP contribution in [-0.4, -0.2) is 45.1 Å². The van der Waals surface area contributed by atoms with Crippen molar-refractivity contribution in [3.63, 3.8) is 0 Å². The van der Waals surface area contributed by atoms with Crippen LogP contribution in [0.4, 0.5) is 0 Å². The molecule has 11 heteroatoms. The van der Waals surface area contributed by atoms with Gasteiger partial charge in [0.2, 0.25) is 0 Å². The van der Waals surface area contributed by atoms with Gasteiger partial charge < -0.3 is 14.0 Å². The summed E-state index contributed by atoms with van der Waals surface area (Å²) in [5.74, 6) is -1.41. The fraction of sp³-hybridized carbons (Fsp3) is 0.296. The largest absolute Gasteiger partial charge is 0.462 e. The zero-order valence-electron chi connectivity index (χ0n) is 20.7. The van der Waals surface area contributed by atoms with Gasteiger partial charge in [-0.2, -0.15) is 4.99 Å². The maximum absolute atomic E-state index is 13.6. The summed E-state index contributed by atoms with van der Waals surface area (Å²) in [5, 5.41) is 0.670. The number of rotatable bonds is 5. The molecule has 1 unspecified atom stereocenters. The molecule has 3 aromatic heterocycles. The highest BCUT2D eigenvalue weighted by atomic mass is 35.5. The summed E-state index contributed by atoms with van der Waals surface area (Å²) in [4.78, 5) is 49.2. The Hall–Kier alpha value is -3.53. The summed E-state index contributed by atoms with van der Waals surface area (Å²) in [6.07, 6.45) is 3.03. The number of halogens is 2. The topological polar surface area (TPSA) is 104 Å². The van der Waals surface area contributed by atoms with Crippen molar-refractivity contribution in [3.05, 3.63) is 85.2 Å². The molecule has 196 valence electrons. The normalized spacial score (nSPS) is 15.9. The van der Waals surface area contributed by atoms with Gasteiger partial charge in [0.05, 0.1) is 35.2 Å². The second kappa shape index (κ2) is 10.7. The number of ether oxygens (including phenoxy) is 2. The minimum Gasteiger partial charge on any atom is -0.462 e. The van der Waals surface area contributed by atoms with Gasteiger partial charge in [-0.15, -0.1) is 0 Å². The Morgan fingerprint density at radius 2 is 2.00 bits per heavy atom. The summed E-state index contributed by atoms with van der Waals surface area (Å²) in [7, 11) is 0. The number of nitrogens with zero attached hydrogens (tertiary/aromatic N) is 4. The lowest BCUT2D eigenvalue weighted by atomic mass is 10.1. The van der Waals surface area contributed by atoms with Crippen LogP contribution in [0.3, 0.4) is 0 Å². The predicted octanol–water partition coefficient (Wildman–Crippen LogP) is 4.36. The molecule has 5 rings (SSSR count). The smallest absolute Gasteiger partial charge is 0.341 e. The van der Waals surface area contributed by atoms with Crippen molar-refractivity contribution in [3.8, 4) is 0 Å². The monoisotopic (exact) mass is 554 g/mol. The van der Waals surface area contributed by atoms with E-state index in [0.717, 1.165) is 18.4 Å². The third-order valence-electron chi connectivity index (χ3n) is 6.38. The van der Waals surface area contributed by atoms with Gasteiger partial charge >= 0.3 is 5.97 Å². The number of carbonyl (C=O) groups excluding carboxylic acids is 2. The average molecular weight is 555 g/mol. The van der Waals surface area contributed by atoms with Crippen molar-refractivity contribution >= 4 is 51.8 Å². The number of aryl methyl sites for hydroxylation is 1. The highest BCUT2D eigenvalue weighted by Crippen LogP contribution is 2.22. The van der Waals surface area contributed by atoms with Crippen molar-refractivity contribution < 1.29 is 19.1 Å². The Kier molecular flexibility index (Phi) is 7.34. The zero-order valence-corrected chi connectivity index (χ0v) is 22.3. The van der Waals surface area contributed by atoms with E-state index in [-0.39, 0.29) is 57.5 Å². The first-order valence-corrected chi connectivity index (χ1v) is 12.9. The van der Waals surface area contributed by atoms with E-state index in [0.29, 0.717) is 17.3 Å². The Labute approximate surface area is 227 Å². The minimum atomic E-state index is -0.724. The molecule has 1 atom stereocenters. The molecule has 9 nitrogen and oxygen atoms in total. The molecule has 0 radical (unpaired) electrons. The van der Waals surface area contributed by atoms with E-state index in [2.05, 4.69) is 4.99 Å². The maximum atomic E-state index is 13.6. The molecule has 1 aromatic carbocycles. The molecule has 1 aliphatic heterocycles. The van der Waals surface area contributed by atoms with E-state index in [1.54, 1.807) is 23.8 Å². The van der Waals surface area contributed by atoms with E-state index in [9.17, 15) is 14.4 Å². The molecule has 0 saturated carbocycles. The first kappa shape index (κ1) is 26.1. The number of esters is 1. The number of amides is 1. The standard InChI is InChI=1S/C27H24Cl2N4O5/c1-3-37-27(36)20-13-19-23(30-22-15(2)6-4-10-32(22)26(19)35)33(14-17-7-5-11-38-17)24(20)31-25(34)18-9-8-16(28)12-21(18)29/h4,6,8-10,12-13,17H,3,5,7,11,14H2,1-2H3. The van der Waals surface area contributed by atoms with Gasteiger partial charge in [-0.05, 0) is 62.6 Å². The molecule has 0 aliphatic carbocycles. The van der Waals surface area contributed by atoms with E-state index >= 15 is 0 Å². The van der Waals surface area contributed by atoms with Crippen LogP contribution in [0, 0.1) is 6.92 Å². The number of aromatic nitrogens is 3. The van der Waals surface area contributed by atoms with E-state index in [1.165, 1.54) is 28.7 Å². The van der Waals surface area contributed by atoms with Gasteiger partial charge in [0, 0.05) is 17.8 Å². The van der Waals surface area contributed by atoms with Gasteiger partial charge in [0.1, 0.15) is 16.9 Å². The maximum Gasteiger partial charge on any atom is 0.341 e. The Bertz CT molecular complexity index is 1720. The molecular formula is C27H24Cl2N4O5. The number of hydrogen-bond donors (Lipinski definition) is 0. The highest BCUT2D eigenvalue weighted by Gasteiger charge is 2.24. The van der Waals surface area contributed by atoms with Crippen molar-refractivity contribution in [1.82, 2.24) is 14.0 Å². The van der Waals surface area contributed by atoms with Crippen LogP contribution >= 0.6 is 23.2 Å². The van der Waals surface area contributed by atoms with Gasteiger partial charge in [0.15, 0.2) is 5.49 Å². The summed E-state index contributed by atoms with van der Waals surface area (Å²) < 4.78 is 14.2. The fourth-order valence-electron chi connectivity index (χ4n) is 4.55. The molecule has 0 spiro atoms. The van der Waals surface area contributed by atoms with Crippen LogP contribution in [0.15, 0.2) is 52.4 Å². The molecular weight excluding hydrogens is 531 g/mol. The number of fused-ring (bicyclic) bond motifs is 2. The molecule has 4 heterocycles. The molecule has 38 heavy (non-hydrogen) atoms. The Morgan fingerprint density at radius 3 is 2.71 bits per heavy atom. The second-order valence-electron chi connectivity index (χ2n) is 8.93. The predicted molar refractivity (Wildman–Crippen MR) is 143 cm³/mol. The van der Waals surface area contributed by atoms with Crippen LogP contribution in [0.25, 0.3) is 16.7 Å². The molecule has 4 aromatic rings. The zero-order chi connectivity index (χ0) is 27.0. The summed E-state index contributed by atoms with van der Waals surface area (Å²) in [6.45, 7) is 4.42. The van der Waals surface area contributed by atoms with E-state index in [1.807, 2.05) is 13.0 Å². The van der Waals surface area contributed by atoms with Gasteiger partial charge in [-0.25, -0.2) is 9.78 Å². The second-order valence-corrected chi connectivity index (χ2v) is 9.77. The van der Waals surface area contributed by atoms with Gasteiger partial charge in [-0.1, -0.05) is 29.3 Å². The van der Waals surface area contributed by atoms with Crippen LogP contribution in [0.5, 0.6) is 0 Å². The minimum absolute atomic E-state index is 0.00676. The third-order valence-corrected chi connectivity index (χ3v) is 6.93. The lowest BCUT2D eigenvalue weighted by molar-refractivity contribution is 0.0521. The quantitative estimate of drug-likeness (QED) is 0.268. The molecule has 1 saturated heterocycles. The van der Waals surface area contributed by atoms with E-state index < -0.39 is 11.9 Å². The average Bonchev–Trinajstić information content (AvgIpc) is 3.39. The summed E-state index contributed by atoms with van der Waals surface area (Å²) in [6, 6.07) is 9.42. The van der Waals surface area contributed by atoms with Crippen LogP contribution in [0.1, 0.15) is 46.0 Å². The van der Waals surface area contributed by atoms with Gasteiger partial charge in [0.25, 0.3) is 11.5 Å². The van der Waals surface area contributed by atoms with E-state index in [4.69, 9.17) is 37.7 Å². The number of hydrogen-bond acceptors (Lipinski definition) is 6. The highest BCUT2D eigenvalue weighted by molar-refractivity contribution is 6.36. The molecule has 0 N–H and O–H groups in total. The van der Waals surface area contributed by atoms with Crippen molar-refractivity contribution in [2.45, 2.75) is 39.3 Å². The van der Waals surface area contributed by atoms with Crippen LogP contribution in [-0.2, 0) is 16.0 Å². The van der Waals surface area contributed by atoms with Gasteiger partial charge in [-0.3, -0.25) is 14.0 Å².